The Morgan fingerprint density at radius 1 is 1.36 bits per heavy atom. The fourth-order valence-electron chi connectivity index (χ4n) is 2.00. The molecule has 0 aliphatic heterocycles. The van der Waals surface area contributed by atoms with Crippen LogP contribution < -0.4 is 10.6 Å². The van der Waals surface area contributed by atoms with E-state index in [4.69, 9.17) is 0 Å². The molecule has 8 heteroatoms. The third-order valence-electron chi connectivity index (χ3n) is 3.23. The zero-order chi connectivity index (χ0) is 15.8. The Labute approximate surface area is 134 Å². The third kappa shape index (κ3) is 4.52. The van der Waals surface area contributed by atoms with Crippen LogP contribution in [0.15, 0.2) is 16.8 Å². The van der Waals surface area contributed by atoms with Crippen molar-refractivity contribution in [3.05, 3.63) is 28.2 Å². The second-order valence-corrected chi connectivity index (χ2v) is 5.72. The first-order valence-electron chi connectivity index (χ1n) is 7.52. The zero-order valence-electron chi connectivity index (χ0n) is 13.3. The number of nitrogens with zero attached hydrogens (tertiary/aromatic N) is 5. The molecular formula is C14H23N7S. The lowest BCUT2D eigenvalue weighted by atomic mass is 10.4. The van der Waals surface area contributed by atoms with E-state index in [2.05, 4.69) is 49.2 Å². The molecule has 0 aromatic carbocycles. The molecule has 120 valence electrons. The van der Waals surface area contributed by atoms with Gasteiger partial charge in [0.05, 0.1) is 17.7 Å². The molecule has 0 radical (unpaired) electrons. The van der Waals surface area contributed by atoms with Gasteiger partial charge in [0.25, 0.3) is 0 Å². The van der Waals surface area contributed by atoms with Gasteiger partial charge in [-0.3, -0.25) is 0 Å². The highest BCUT2D eigenvalue weighted by Gasteiger charge is 2.04. The lowest BCUT2D eigenvalue weighted by Crippen LogP contribution is -2.38. The molecule has 2 N–H and O–H groups in total. The van der Waals surface area contributed by atoms with Gasteiger partial charge < -0.3 is 15.2 Å². The van der Waals surface area contributed by atoms with Crippen molar-refractivity contribution in [1.29, 1.82) is 0 Å². The van der Waals surface area contributed by atoms with Crippen LogP contribution in [0, 0.1) is 6.92 Å². The van der Waals surface area contributed by atoms with Crippen LogP contribution >= 0.6 is 11.3 Å². The molecule has 2 aromatic rings. The van der Waals surface area contributed by atoms with Gasteiger partial charge >= 0.3 is 0 Å². The minimum atomic E-state index is 0.651. The molecule has 0 spiro atoms. The number of thiazole rings is 1. The molecule has 0 bridgehead atoms. The summed E-state index contributed by atoms with van der Waals surface area (Å²) < 4.78 is 2.06. The van der Waals surface area contributed by atoms with E-state index < -0.39 is 0 Å². The van der Waals surface area contributed by atoms with Crippen molar-refractivity contribution in [3.8, 4) is 0 Å². The van der Waals surface area contributed by atoms with Gasteiger partial charge in [0, 0.05) is 30.9 Å². The van der Waals surface area contributed by atoms with Crippen LogP contribution in [0.3, 0.4) is 0 Å². The van der Waals surface area contributed by atoms with Gasteiger partial charge in [-0.2, -0.15) is 0 Å². The highest BCUT2D eigenvalue weighted by atomic mass is 32.1. The van der Waals surface area contributed by atoms with Gasteiger partial charge in [-0.05, 0) is 13.8 Å². The predicted octanol–water partition coefficient (Wildman–Crippen LogP) is 1.36. The van der Waals surface area contributed by atoms with Crippen LogP contribution in [0.5, 0.6) is 0 Å². The molecular weight excluding hydrogens is 298 g/mol. The normalized spacial score (nSPS) is 11.7. The third-order valence-corrected chi connectivity index (χ3v) is 4.15. The summed E-state index contributed by atoms with van der Waals surface area (Å²) in [6.07, 6.45) is 2.66. The lowest BCUT2D eigenvalue weighted by molar-refractivity contribution is 0.632. The van der Waals surface area contributed by atoms with Crippen LogP contribution in [0.4, 0.5) is 0 Å². The Hall–Kier alpha value is -1.96. The summed E-state index contributed by atoms with van der Waals surface area (Å²) in [5.41, 5.74) is 2.92. The molecule has 0 saturated heterocycles. The monoisotopic (exact) mass is 321 g/mol. The average molecular weight is 321 g/mol. The van der Waals surface area contributed by atoms with Crippen LogP contribution in [-0.4, -0.2) is 38.8 Å². The molecule has 22 heavy (non-hydrogen) atoms. The van der Waals surface area contributed by atoms with Crippen LogP contribution in [0.2, 0.25) is 0 Å². The molecule has 0 saturated carbocycles. The number of rotatable bonds is 7. The fraction of sp³-hybridized carbons (Fsp3) is 0.571. The summed E-state index contributed by atoms with van der Waals surface area (Å²) in [4.78, 5) is 10.0. The number of guanidine groups is 1. The number of nitrogens with one attached hydrogen (secondary N) is 2. The van der Waals surface area contributed by atoms with Crippen molar-refractivity contribution < 1.29 is 0 Å². The molecule has 0 atom stereocenters. The zero-order valence-corrected chi connectivity index (χ0v) is 14.2. The topological polar surface area (TPSA) is 80.0 Å². The SMILES string of the molecule is CCNC(=NCc1scnc1C)NCCn1cnnc1CC. The number of hydrogen-bond acceptors (Lipinski definition) is 5. The Bertz CT molecular complexity index is 602. The fourth-order valence-corrected chi connectivity index (χ4v) is 2.71. The van der Waals surface area contributed by atoms with Crippen molar-refractivity contribution in [2.24, 2.45) is 4.99 Å². The summed E-state index contributed by atoms with van der Waals surface area (Å²) in [5, 5.41) is 14.6. The van der Waals surface area contributed by atoms with Crippen LogP contribution in [0.1, 0.15) is 30.2 Å². The molecule has 2 heterocycles. The number of aromatic nitrogens is 4. The highest BCUT2D eigenvalue weighted by Crippen LogP contribution is 2.12. The Balaban J connectivity index is 1.87. The number of aryl methyl sites for hydroxylation is 2. The van der Waals surface area contributed by atoms with Crippen molar-refractivity contribution in [1.82, 2.24) is 30.4 Å². The van der Waals surface area contributed by atoms with Crippen molar-refractivity contribution in [3.63, 3.8) is 0 Å². The van der Waals surface area contributed by atoms with Crippen molar-refractivity contribution in [2.45, 2.75) is 40.3 Å². The van der Waals surface area contributed by atoms with Gasteiger partial charge in [0.2, 0.25) is 0 Å². The molecule has 2 aromatic heterocycles. The lowest BCUT2D eigenvalue weighted by Gasteiger charge is -2.12. The quantitative estimate of drug-likeness (QED) is 0.594. The van der Waals surface area contributed by atoms with E-state index >= 15 is 0 Å². The molecule has 0 aliphatic carbocycles. The van der Waals surface area contributed by atoms with Gasteiger partial charge in [-0.15, -0.1) is 21.5 Å². The van der Waals surface area contributed by atoms with Crippen LogP contribution in [-0.2, 0) is 19.5 Å². The van der Waals surface area contributed by atoms with Crippen molar-refractivity contribution >= 4 is 17.3 Å². The average Bonchev–Trinajstić information content (AvgIpc) is 3.13. The van der Waals surface area contributed by atoms with Gasteiger partial charge in [0.15, 0.2) is 5.96 Å². The maximum absolute atomic E-state index is 4.60. The van der Waals surface area contributed by atoms with E-state index in [1.165, 1.54) is 4.88 Å². The standard InChI is InChI=1S/C14H23N7S/c1-4-13-20-19-9-21(13)7-6-16-14(15-5-2)17-8-12-11(3)18-10-22-12/h9-10H,4-8H2,1-3H3,(H2,15,16,17). The van der Waals surface area contributed by atoms with E-state index in [9.17, 15) is 0 Å². The number of hydrogen-bond donors (Lipinski definition) is 2. The minimum absolute atomic E-state index is 0.651. The first-order chi connectivity index (χ1) is 10.7. The van der Waals surface area contributed by atoms with E-state index in [1.54, 1.807) is 17.7 Å². The minimum Gasteiger partial charge on any atom is -0.357 e. The molecule has 7 nitrogen and oxygen atoms in total. The summed E-state index contributed by atoms with van der Waals surface area (Å²) in [6.45, 7) is 9.23. The maximum Gasteiger partial charge on any atom is 0.191 e. The van der Waals surface area contributed by atoms with E-state index in [-0.39, 0.29) is 0 Å². The van der Waals surface area contributed by atoms with E-state index in [0.717, 1.165) is 43.5 Å². The maximum atomic E-state index is 4.60. The second-order valence-electron chi connectivity index (χ2n) is 4.78. The molecule has 0 fully saturated rings. The van der Waals surface area contributed by atoms with Crippen molar-refractivity contribution in [2.75, 3.05) is 13.1 Å². The van der Waals surface area contributed by atoms with Gasteiger partial charge in [-0.25, -0.2) is 9.98 Å². The molecule has 0 unspecified atom stereocenters. The van der Waals surface area contributed by atoms with Crippen LogP contribution in [0.25, 0.3) is 0 Å². The first-order valence-corrected chi connectivity index (χ1v) is 8.40. The molecule has 0 amide bonds. The second kappa shape index (κ2) is 8.47. The smallest absolute Gasteiger partial charge is 0.191 e. The summed E-state index contributed by atoms with van der Waals surface area (Å²) in [7, 11) is 0. The largest absolute Gasteiger partial charge is 0.357 e. The Morgan fingerprint density at radius 2 is 2.23 bits per heavy atom. The number of aliphatic imine (C=N–C) groups is 1. The van der Waals surface area contributed by atoms with Gasteiger partial charge in [-0.1, -0.05) is 6.92 Å². The highest BCUT2D eigenvalue weighted by molar-refractivity contribution is 7.09. The first kappa shape index (κ1) is 16.4. The summed E-state index contributed by atoms with van der Waals surface area (Å²) >= 11 is 1.64. The Morgan fingerprint density at radius 3 is 2.91 bits per heavy atom. The van der Waals surface area contributed by atoms with E-state index in [0.29, 0.717) is 6.54 Å². The summed E-state index contributed by atoms with van der Waals surface area (Å²) in [6, 6.07) is 0. The molecule has 0 aliphatic rings. The predicted molar refractivity (Wildman–Crippen MR) is 89.1 cm³/mol. The Kier molecular flexibility index (Phi) is 6.32. The molecule has 2 rings (SSSR count). The van der Waals surface area contributed by atoms with Gasteiger partial charge in [0.1, 0.15) is 12.2 Å². The van der Waals surface area contributed by atoms with E-state index in [1.807, 2.05) is 12.4 Å². The summed E-state index contributed by atoms with van der Waals surface area (Å²) in [5.74, 6) is 1.82.